The lowest BCUT2D eigenvalue weighted by atomic mass is 10.2. The monoisotopic (exact) mass is 138 g/mol. The number of aliphatic imine (C=N–C) groups is 2. The molecule has 0 saturated heterocycles. The zero-order chi connectivity index (χ0) is 7.82. The van der Waals surface area contributed by atoms with Gasteiger partial charge in [-0.15, -0.1) is 0 Å². The van der Waals surface area contributed by atoms with Crippen LogP contribution in [0.1, 0.15) is 20.8 Å². The Morgan fingerprint density at radius 2 is 2.20 bits per heavy atom. The molecular weight excluding hydrogens is 124 g/mol. The molecule has 0 saturated carbocycles. The number of hydrogen-bond acceptors (Lipinski definition) is 2. The lowest BCUT2D eigenvalue weighted by Gasteiger charge is -1.91. The van der Waals surface area contributed by atoms with Gasteiger partial charge in [-0.05, 0) is 12.8 Å². The summed E-state index contributed by atoms with van der Waals surface area (Å²) in [5.41, 5.74) is 0. The van der Waals surface area contributed by atoms with E-state index in [4.69, 9.17) is 0 Å². The highest BCUT2D eigenvalue weighted by Gasteiger charge is 1.85. The van der Waals surface area contributed by atoms with E-state index in [0.29, 0.717) is 5.92 Å². The zero-order valence-corrected chi connectivity index (χ0v) is 6.83. The first kappa shape index (κ1) is 9.12. The normalized spacial score (nSPS) is 10.0. The average Bonchev–Trinajstić information content (AvgIpc) is 1.87. The van der Waals surface area contributed by atoms with Gasteiger partial charge in [-0.1, -0.05) is 19.9 Å². The van der Waals surface area contributed by atoms with Crippen LogP contribution in [0.5, 0.6) is 0 Å². The van der Waals surface area contributed by atoms with Gasteiger partial charge in [0.1, 0.15) is 0 Å². The molecule has 2 heteroatoms. The van der Waals surface area contributed by atoms with Crippen molar-refractivity contribution in [2.75, 3.05) is 6.54 Å². The van der Waals surface area contributed by atoms with Gasteiger partial charge in [0.25, 0.3) is 0 Å². The maximum Gasteiger partial charge on any atom is 0.0942 e. The molecule has 56 valence electrons. The third kappa shape index (κ3) is 7.12. The van der Waals surface area contributed by atoms with Crippen LogP contribution < -0.4 is 0 Å². The van der Waals surface area contributed by atoms with Gasteiger partial charge in [-0.2, -0.15) is 4.99 Å². The van der Waals surface area contributed by atoms with E-state index in [1.165, 1.54) is 0 Å². The van der Waals surface area contributed by atoms with Gasteiger partial charge in [0.2, 0.25) is 0 Å². The Hall–Kier alpha value is -0.880. The van der Waals surface area contributed by atoms with Crippen LogP contribution in [0.15, 0.2) is 22.3 Å². The highest BCUT2D eigenvalue weighted by Crippen LogP contribution is 1.89. The lowest BCUT2D eigenvalue weighted by molar-refractivity contribution is 0.667. The fourth-order valence-corrected chi connectivity index (χ4v) is 0.372. The van der Waals surface area contributed by atoms with Crippen molar-refractivity contribution in [1.29, 1.82) is 0 Å². The van der Waals surface area contributed by atoms with E-state index >= 15 is 0 Å². The minimum Gasteiger partial charge on any atom is -0.225 e. The Balaban J connectivity index is 3.54. The van der Waals surface area contributed by atoms with Gasteiger partial charge in [-0.3, -0.25) is 0 Å². The fourth-order valence-electron chi connectivity index (χ4n) is 0.372. The molecule has 0 radical (unpaired) electrons. The average molecular weight is 138 g/mol. The van der Waals surface area contributed by atoms with Crippen molar-refractivity contribution < 1.29 is 0 Å². The number of nitrogens with zero attached hydrogens (tertiary/aromatic N) is 2. The van der Waals surface area contributed by atoms with E-state index in [1.54, 1.807) is 6.20 Å². The van der Waals surface area contributed by atoms with Crippen molar-refractivity contribution >= 4 is 6.01 Å². The van der Waals surface area contributed by atoms with Crippen LogP contribution in [0.3, 0.4) is 0 Å². The molecule has 0 bridgehead atoms. The smallest absolute Gasteiger partial charge is 0.0942 e. The summed E-state index contributed by atoms with van der Waals surface area (Å²) >= 11 is 0. The predicted octanol–water partition coefficient (Wildman–Crippen LogP) is 2.35. The molecule has 0 atom stereocenters. The number of hydrogen-bond donors (Lipinski definition) is 0. The summed E-state index contributed by atoms with van der Waals surface area (Å²) in [5.74, 6) is 0.591. The van der Waals surface area contributed by atoms with Crippen LogP contribution in [0.2, 0.25) is 0 Å². The van der Waals surface area contributed by atoms with Crippen LogP contribution in [0.4, 0.5) is 0 Å². The quantitative estimate of drug-likeness (QED) is 0.535. The van der Waals surface area contributed by atoms with Gasteiger partial charge in [0.05, 0.1) is 12.6 Å². The molecule has 10 heavy (non-hydrogen) atoms. The summed E-state index contributed by atoms with van der Waals surface area (Å²) in [4.78, 5) is 7.71. The summed E-state index contributed by atoms with van der Waals surface area (Å²) in [7, 11) is 0. The molecule has 2 nitrogen and oxygen atoms in total. The second-order valence-electron chi connectivity index (χ2n) is 2.45. The van der Waals surface area contributed by atoms with Crippen LogP contribution in [0, 0.1) is 5.92 Å². The van der Waals surface area contributed by atoms with Crippen molar-refractivity contribution in [2.45, 2.75) is 20.8 Å². The van der Waals surface area contributed by atoms with E-state index in [1.807, 2.05) is 13.0 Å². The Morgan fingerprint density at radius 3 is 2.70 bits per heavy atom. The molecule has 0 aliphatic rings. The summed E-state index contributed by atoms with van der Waals surface area (Å²) in [5, 5.41) is 0. The van der Waals surface area contributed by atoms with Crippen molar-refractivity contribution in [2.24, 2.45) is 15.9 Å². The molecule has 0 unspecified atom stereocenters. The Bertz CT molecular complexity index is 151. The zero-order valence-electron chi connectivity index (χ0n) is 6.83. The first-order valence-corrected chi connectivity index (χ1v) is 3.50. The van der Waals surface area contributed by atoms with Crippen molar-refractivity contribution in [1.82, 2.24) is 0 Å². The van der Waals surface area contributed by atoms with E-state index in [2.05, 4.69) is 29.8 Å². The third-order valence-electron chi connectivity index (χ3n) is 0.808. The van der Waals surface area contributed by atoms with Crippen molar-refractivity contribution in [3.8, 4) is 0 Å². The van der Waals surface area contributed by atoms with Crippen LogP contribution in [0.25, 0.3) is 0 Å². The molecule has 0 amide bonds. The van der Waals surface area contributed by atoms with Gasteiger partial charge in [0, 0.05) is 6.20 Å². The molecule has 0 aliphatic heterocycles. The number of rotatable bonds is 3. The van der Waals surface area contributed by atoms with E-state index in [-0.39, 0.29) is 0 Å². The maximum atomic E-state index is 3.94. The van der Waals surface area contributed by atoms with Crippen LogP contribution in [-0.2, 0) is 0 Å². The topological polar surface area (TPSA) is 24.7 Å². The summed E-state index contributed by atoms with van der Waals surface area (Å²) < 4.78 is 0. The lowest BCUT2D eigenvalue weighted by Crippen LogP contribution is -1.89. The highest BCUT2D eigenvalue weighted by atomic mass is 14.8. The molecule has 0 aromatic carbocycles. The first-order chi connectivity index (χ1) is 4.77. The van der Waals surface area contributed by atoms with Crippen LogP contribution in [-0.4, -0.2) is 12.6 Å². The van der Waals surface area contributed by atoms with Crippen molar-refractivity contribution in [3.63, 3.8) is 0 Å². The molecule has 0 heterocycles. The fraction of sp³-hybridized carbons (Fsp3) is 0.625. The first-order valence-electron chi connectivity index (χ1n) is 3.50. The minimum absolute atomic E-state index is 0.591. The maximum absolute atomic E-state index is 3.94. The highest BCUT2D eigenvalue weighted by molar-refractivity contribution is 5.42. The molecule has 0 aliphatic carbocycles. The molecule has 0 aromatic heterocycles. The van der Waals surface area contributed by atoms with Gasteiger partial charge < -0.3 is 0 Å². The van der Waals surface area contributed by atoms with Crippen molar-refractivity contribution in [3.05, 3.63) is 12.3 Å². The van der Waals surface area contributed by atoms with Crippen LogP contribution >= 0.6 is 0 Å². The van der Waals surface area contributed by atoms with E-state index in [0.717, 1.165) is 6.54 Å². The summed E-state index contributed by atoms with van der Waals surface area (Å²) in [6.07, 6.45) is 3.52. The second kappa shape index (κ2) is 6.24. The largest absolute Gasteiger partial charge is 0.225 e. The SMILES string of the molecule is CC=CN=C=NCC(C)C. The van der Waals surface area contributed by atoms with Gasteiger partial charge in [0.15, 0.2) is 0 Å². The van der Waals surface area contributed by atoms with E-state index < -0.39 is 0 Å². The summed E-state index contributed by atoms with van der Waals surface area (Å²) in [6, 6.07) is 2.58. The molecule has 0 aromatic rings. The Morgan fingerprint density at radius 1 is 1.50 bits per heavy atom. The molecule has 0 fully saturated rings. The van der Waals surface area contributed by atoms with Gasteiger partial charge >= 0.3 is 0 Å². The predicted molar refractivity (Wildman–Crippen MR) is 44.4 cm³/mol. The standard InChI is InChI=1S/C8H14N2/c1-4-5-9-7-10-6-8(2)3/h4-5,8H,6H2,1-3H3. The molecule has 0 rings (SSSR count). The molecule has 0 N–H and O–H groups in total. The van der Waals surface area contributed by atoms with E-state index in [9.17, 15) is 0 Å². The number of allylic oxidation sites excluding steroid dienone is 1. The Kier molecular flexibility index (Phi) is 5.69. The van der Waals surface area contributed by atoms with Gasteiger partial charge in [-0.25, -0.2) is 4.99 Å². The summed E-state index contributed by atoms with van der Waals surface area (Å²) in [6.45, 7) is 6.94. The Labute approximate surface area is 62.4 Å². The molecular formula is C8H14N2. The molecule has 0 spiro atoms. The third-order valence-corrected chi connectivity index (χ3v) is 0.808. The second-order valence-corrected chi connectivity index (χ2v) is 2.45. The minimum atomic E-state index is 0.591.